The zero-order chi connectivity index (χ0) is 22.8. The van der Waals surface area contributed by atoms with Gasteiger partial charge in [-0.3, -0.25) is 4.79 Å². The third kappa shape index (κ3) is 5.37. The van der Waals surface area contributed by atoms with Gasteiger partial charge in [0, 0.05) is 31.6 Å². The van der Waals surface area contributed by atoms with Crippen molar-refractivity contribution in [2.24, 2.45) is 5.92 Å². The quantitative estimate of drug-likeness (QED) is 0.589. The van der Waals surface area contributed by atoms with E-state index >= 15 is 0 Å². The molecule has 1 amide bonds. The van der Waals surface area contributed by atoms with Crippen LogP contribution in [0, 0.1) is 12.8 Å². The van der Waals surface area contributed by atoms with Crippen LogP contribution in [-0.2, 0) is 4.79 Å². The number of carbonyl (C=O) groups excluding carboxylic acids is 1. The van der Waals surface area contributed by atoms with E-state index in [0.717, 1.165) is 22.3 Å². The number of rotatable bonds is 5. The van der Waals surface area contributed by atoms with E-state index in [-0.39, 0.29) is 30.0 Å². The number of aryl methyl sites for hydroxylation is 1. The molecule has 7 nitrogen and oxygen atoms in total. The number of phenols is 1. The second kappa shape index (κ2) is 10.4. The lowest BCUT2D eigenvalue weighted by Crippen LogP contribution is -2.52. The third-order valence-corrected chi connectivity index (χ3v) is 5.85. The molecule has 2 aromatic carbocycles. The van der Waals surface area contributed by atoms with Crippen LogP contribution in [0.25, 0.3) is 22.3 Å². The first-order valence-electron chi connectivity index (χ1n) is 11.1. The average Bonchev–Trinajstić information content (AvgIpc) is 2.77. The molecule has 0 radical (unpaired) electrons. The van der Waals surface area contributed by atoms with Crippen LogP contribution in [0.1, 0.15) is 25.8 Å². The van der Waals surface area contributed by atoms with Crippen molar-refractivity contribution in [3.8, 4) is 17.1 Å². The van der Waals surface area contributed by atoms with Crippen LogP contribution in [0.4, 0.5) is 5.82 Å². The van der Waals surface area contributed by atoms with Crippen molar-refractivity contribution in [2.45, 2.75) is 33.3 Å². The van der Waals surface area contributed by atoms with Gasteiger partial charge in [0.05, 0.1) is 11.1 Å². The Morgan fingerprint density at radius 3 is 2.42 bits per heavy atom. The molecule has 4 rings (SSSR count). The van der Waals surface area contributed by atoms with Crippen molar-refractivity contribution in [2.75, 3.05) is 31.1 Å². The summed E-state index contributed by atoms with van der Waals surface area (Å²) in [7, 11) is 0. The molecule has 2 N–H and O–H groups in total. The van der Waals surface area contributed by atoms with Gasteiger partial charge in [-0.05, 0) is 49.1 Å². The van der Waals surface area contributed by atoms with Gasteiger partial charge >= 0.3 is 0 Å². The topological polar surface area (TPSA) is 89.8 Å². The lowest BCUT2D eigenvalue weighted by Gasteiger charge is -2.37. The number of nitrogens with zero attached hydrogens (tertiary/aromatic N) is 4. The summed E-state index contributed by atoms with van der Waals surface area (Å²) in [6, 6.07) is 13.1. The van der Waals surface area contributed by atoms with Crippen LogP contribution < -0.4 is 4.90 Å². The predicted octanol–water partition coefficient (Wildman–Crippen LogP) is 3.79. The fourth-order valence-corrected chi connectivity index (χ4v) is 4.14. The van der Waals surface area contributed by atoms with E-state index in [1.54, 1.807) is 17.0 Å². The number of carbonyl (C=O) groups is 1. The van der Waals surface area contributed by atoms with Gasteiger partial charge in [-0.1, -0.05) is 32.0 Å². The van der Waals surface area contributed by atoms with Gasteiger partial charge in [-0.2, -0.15) is 0 Å². The number of aromatic hydroxyl groups is 1. The van der Waals surface area contributed by atoms with E-state index in [2.05, 4.69) is 4.90 Å². The SMILES string of the molecule is Cc1ccc2c(N3CCN(C(=O)[C@@H](O)CC(C)C)CC3)nc(-c3ccccc3O)nc2c1.Cl. The normalized spacial score (nSPS) is 14.9. The standard InChI is InChI=1S/C25H30N4O3.ClH/c1-16(2)14-22(31)25(32)29-12-10-28(11-13-29)24-18-9-8-17(3)15-20(18)26-23(27-24)19-6-4-5-7-21(19)30;/h4-9,15-16,22,30-31H,10-14H2,1-3H3;1H/t22-;/m0./s1. The van der Waals surface area contributed by atoms with Crippen molar-refractivity contribution in [3.63, 3.8) is 0 Å². The lowest BCUT2D eigenvalue weighted by atomic mass is 10.0. The van der Waals surface area contributed by atoms with Crippen LogP contribution in [-0.4, -0.2) is 63.3 Å². The Hall–Kier alpha value is -2.90. The Bertz CT molecular complexity index is 1130. The third-order valence-electron chi connectivity index (χ3n) is 5.85. The van der Waals surface area contributed by atoms with E-state index in [9.17, 15) is 15.0 Å². The highest BCUT2D eigenvalue weighted by atomic mass is 35.5. The Morgan fingerprint density at radius 1 is 1.06 bits per heavy atom. The maximum atomic E-state index is 12.6. The molecule has 3 aromatic rings. The summed E-state index contributed by atoms with van der Waals surface area (Å²) in [4.78, 5) is 26.1. The van der Waals surface area contributed by atoms with Crippen LogP contribution in [0.2, 0.25) is 0 Å². The molecule has 8 heteroatoms. The average molecular weight is 471 g/mol. The Labute approximate surface area is 200 Å². The Morgan fingerprint density at radius 2 is 1.76 bits per heavy atom. The highest BCUT2D eigenvalue weighted by molar-refractivity contribution is 5.92. The van der Waals surface area contributed by atoms with Crippen molar-refractivity contribution in [3.05, 3.63) is 48.0 Å². The maximum Gasteiger partial charge on any atom is 0.251 e. The summed E-state index contributed by atoms with van der Waals surface area (Å²) in [5.74, 6) is 1.47. The molecule has 1 aromatic heterocycles. The molecule has 1 saturated heterocycles. The summed E-state index contributed by atoms with van der Waals surface area (Å²) >= 11 is 0. The van der Waals surface area contributed by atoms with Crippen molar-refractivity contribution < 1.29 is 15.0 Å². The summed E-state index contributed by atoms with van der Waals surface area (Å²) < 4.78 is 0. The zero-order valence-corrected chi connectivity index (χ0v) is 20.0. The number of aromatic nitrogens is 2. The number of halogens is 1. The van der Waals surface area contributed by atoms with E-state index in [1.807, 2.05) is 51.1 Å². The first-order chi connectivity index (χ1) is 15.3. The largest absolute Gasteiger partial charge is 0.507 e. The molecule has 0 unspecified atom stereocenters. The van der Waals surface area contributed by atoms with Crippen molar-refractivity contribution in [1.29, 1.82) is 0 Å². The highest BCUT2D eigenvalue weighted by Gasteiger charge is 2.28. The van der Waals surface area contributed by atoms with Crippen LogP contribution in [0.3, 0.4) is 0 Å². The number of para-hydroxylation sites is 1. The second-order valence-electron chi connectivity index (χ2n) is 8.87. The molecule has 0 saturated carbocycles. The summed E-state index contributed by atoms with van der Waals surface area (Å²) in [5, 5.41) is 21.5. The maximum absolute atomic E-state index is 12.6. The summed E-state index contributed by atoms with van der Waals surface area (Å²) in [6.45, 7) is 8.29. The van der Waals surface area contributed by atoms with Gasteiger partial charge in [0.1, 0.15) is 17.7 Å². The lowest BCUT2D eigenvalue weighted by molar-refractivity contribution is -0.141. The molecule has 1 fully saturated rings. The van der Waals surface area contributed by atoms with Gasteiger partial charge in [-0.25, -0.2) is 9.97 Å². The number of amides is 1. The number of anilines is 1. The summed E-state index contributed by atoms with van der Waals surface area (Å²) in [5.41, 5.74) is 2.50. The molecule has 33 heavy (non-hydrogen) atoms. The second-order valence-corrected chi connectivity index (χ2v) is 8.87. The molecule has 176 valence electrons. The fourth-order valence-electron chi connectivity index (χ4n) is 4.14. The molecule has 1 aliphatic heterocycles. The minimum absolute atomic E-state index is 0. The minimum Gasteiger partial charge on any atom is -0.507 e. The van der Waals surface area contributed by atoms with Gasteiger partial charge in [0.25, 0.3) is 5.91 Å². The molecular formula is C25H31ClN4O3. The van der Waals surface area contributed by atoms with Crippen LogP contribution in [0.15, 0.2) is 42.5 Å². The Kier molecular flexibility index (Phi) is 7.76. The zero-order valence-electron chi connectivity index (χ0n) is 19.2. The number of benzene rings is 2. The fraction of sp³-hybridized carbons (Fsp3) is 0.400. The molecule has 0 spiro atoms. The number of fused-ring (bicyclic) bond motifs is 1. The van der Waals surface area contributed by atoms with Gasteiger partial charge in [0.2, 0.25) is 0 Å². The van der Waals surface area contributed by atoms with E-state index in [1.165, 1.54) is 0 Å². The van der Waals surface area contributed by atoms with Crippen LogP contribution in [0.5, 0.6) is 5.75 Å². The smallest absolute Gasteiger partial charge is 0.251 e. The summed E-state index contributed by atoms with van der Waals surface area (Å²) in [6.07, 6.45) is -0.476. The van der Waals surface area contributed by atoms with E-state index < -0.39 is 6.10 Å². The number of hydrogen-bond donors (Lipinski definition) is 2. The number of hydrogen-bond acceptors (Lipinski definition) is 6. The molecule has 1 atom stereocenters. The van der Waals surface area contributed by atoms with Crippen molar-refractivity contribution >= 4 is 35.0 Å². The Balaban J connectivity index is 0.00000306. The number of aliphatic hydroxyl groups is 1. The van der Waals surface area contributed by atoms with E-state index in [0.29, 0.717) is 44.0 Å². The number of phenolic OH excluding ortho intramolecular Hbond substituents is 1. The van der Waals surface area contributed by atoms with E-state index in [4.69, 9.17) is 9.97 Å². The van der Waals surface area contributed by atoms with Crippen molar-refractivity contribution in [1.82, 2.24) is 14.9 Å². The highest BCUT2D eigenvalue weighted by Crippen LogP contribution is 2.32. The van der Waals surface area contributed by atoms with Gasteiger partial charge < -0.3 is 20.0 Å². The number of aliphatic hydroxyl groups excluding tert-OH is 1. The molecular weight excluding hydrogens is 440 g/mol. The van der Waals surface area contributed by atoms with Crippen LogP contribution >= 0.6 is 12.4 Å². The molecule has 0 bridgehead atoms. The number of piperazine rings is 1. The molecule has 1 aliphatic rings. The molecule has 0 aliphatic carbocycles. The van der Waals surface area contributed by atoms with Gasteiger partial charge in [-0.15, -0.1) is 12.4 Å². The minimum atomic E-state index is -0.947. The van der Waals surface area contributed by atoms with Gasteiger partial charge in [0.15, 0.2) is 5.82 Å². The first kappa shape index (κ1) is 24.7. The first-order valence-corrected chi connectivity index (χ1v) is 11.1. The monoisotopic (exact) mass is 470 g/mol. The molecule has 2 heterocycles. The predicted molar refractivity (Wildman–Crippen MR) is 133 cm³/mol.